The molecule has 0 aliphatic carbocycles. The van der Waals surface area contributed by atoms with Gasteiger partial charge >= 0.3 is 0 Å². The number of furan rings is 1. The van der Waals surface area contributed by atoms with Gasteiger partial charge in [-0.25, -0.2) is 0 Å². The van der Waals surface area contributed by atoms with E-state index < -0.39 is 0 Å². The maximum Gasteiger partial charge on any atom is 0.162 e. The predicted octanol–water partition coefficient (Wildman–Crippen LogP) is 9.78. The second kappa shape index (κ2) is 7.62. The zero-order valence-electron chi connectivity index (χ0n) is 21.0. The Balaban J connectivity index is 1.69. The molecular formula is C36H22N2O. The van der Waals surface area contributed by atoms with Crippen molar-refractivity contribution in [3.8, 4) is 11.4 Å². The first-order valence-corrected chi connectivity index (χ1v) is 13.3. The van der Waals surface area contributed by atoms with Crippen molar-refractivity contribution in [2.45, 2.75) is 0 Å². The van der Waals surface area contributed by atoms with Crippen molar-refractivity contribution < 1.29 is 4.42 Å². The highest BCUT2D eigenvalue weighted by Crippen LogP contribution is 2.49. The van der Waals surface area contributed by atoms with Crippen LogP contribution < -0.4 is 0 Å². The summed E-state index contributed by atoms with van der Waals surface area (Å²) in [6, 6.07) is 47.3. The normalized spacial score (nSPS) is 12.1. The molecule has 0 spiro atoms. The topological polar surface area (TPSA) is 23.0 Å². The highest BCUT2D eigenvalue weighted by Gasteiger charge is 2.27. The van der Waals surface area contributed by atoms with E-state index in [2.05, 4.69) is 143 Å². The van der Waals surface area contributed by atoms with Gasteiger partial charge in [-0.2, -0.15) is 0 Å². The number of aromatic nitrogens is 2. The van der Waals surface area contributed by atoms with Crippen LogP contribution >= 0.6 is 0 Å². The summed E-state index contributed by atoms with van der Waals surface area (Å²) in [5, 5.41) is 7.22. The average molecular weight is 499 g/mol. The van der Waals surface area contributed by atoms with E-state index in [9.17, 15) is 0 Å². The SMILES string of the molecule is c1ccc(-n2c3ccccc3c3c4c5ccccc5n(-c5ccccc5)c4c4c5ccccc5oc4c32)cc1. The summed E-state index contributed by atoms with van der Waals surface area (Å²) in [5.41, 5.74) is 8.73. The van der Waals surface area contributed by atoms with Gasteiger partial charge in [0.1, 0.15) is 5.58 Å². The summed E-state index contributed by atoms with van der Waals surface area (Å²) in [7, 11) is 0. The molecule has 0 saturated carbocycles. The van der Waals surface area contributed by atoms with Crippen molar-refractivity contribution in [1.29, 1.82) is 0 Å². The van der Waals surface area contributed by atoms with Crippen LogP contribution in [0.1, 0.15) is 0 Å². The number of para-hydroxylation sites is 5. The highest BCUT2D eigenvalue weighted by atomic mass is 16.3. The van der Waals surface area contributed by atoms with Crippen molar-refractivity contribution in [3.63, 3.8) is 0 Å². The minimum Gasteiger partial charge on any atom is -0.454 e. The summed E-state index contributed by atoms with van der Waals surface area (Å²) in [6.45, 7) is 0. The lowest BCUT2D eigenvalue weighted by atomic mass is 10.0. The Labute approximate surface area is 223 Å². The zero-order chi connectivity index (χ0) is 25.5. The third-order valence-electron chi connectivity index (χ3n) is 8.08. The standard InChI is InChI=1S/C36H22N2O/c1-3-13-23(14-4-1)37-28-20-10-7-17-25(28)31-32-26-18-8-11-21-29(26)38(24-15-5-2-6-16-24)35(32)36-33(34(31)37)27-19-9-12-22-30(27)39-36/h1-22H. The molecule has 0 atom stereocenters. The van der Waals surface area contributed by atoms with Gasteiger partial charge < -0.3 is 13.6 Å². The molecule has 0 fully saturated rings. The fraction of sp³-hybridized carbons (Fsp3) is 0. The van der Waals surface area contributed by atoms with Crippen molar-refractivity contribution >= 4 is 65.6 Å². The van der Waals surface area contributed by atoms with Crippen molar-refractivity contribution in [3.05, 3.63) is 133 Å². The summed E-state index contributed by atoms with van der Waals surface area (Å²) in [5.74, 6) is 0. The van der Waals surface area contributed by atoms with E-state index in [4.69, 9.17) is 4.42 Å². The molecule has 0 aliphatic heterocycles. The molecule has 9 aromatic rings. The Morgan fingerprint density at radius 2 is 0.846 bits per heavy atom. The number of hydrogen-bond donors (Lipinski definition) is 0. The molecule has 0 unspecified atom stereocenters. The quantitative estimate of drug-likeness (QED) is 0.233. The van der Waals surface area contributed by atoms with Crippen LogP contribution in [0.25, 0.3) is 76.9 Å². The summed E-state index contributed by atoms with van der Waals surface area (Å²) in [4.78, 5) is 0. The monoisotopic (exact) mass is 498 g/mol. The first-order chi connectivity index (χ1) is 19.4. The predicted molar refractivity (Wildman–Crippen MR) is 162 cm³/mol. The molecule has 0 bridgehead atoms. The third-order valence-corrected chi connectivity index (χ3v) is 8.08. The highest BCUT2D eigenvalue weighted by molar-refractivity contribution is 6.39. The van der Waals surface area contributed by atoms with Crippen LogP contribution in [0, 0.1) is 0 Å². The molecule has 0 saturated heterocycles. The maximum absolute atomic E-state index is 6.82. The molecule has 3 nitrogen and oxygen atoms in total. The molecule has 0 radical (unpaired) electrons. The second-order valence-corrected chi connectivity index (χ2v) is 10.1. The molecule has 0 aliphatic rings. The van der Waals surface area contributed by atoms with Crippen molar-refractivity contribution in [2.24, 2.45) is 0 Å². The van der Waals surface area contributed by atoms with Gasteiger partial charge in [0.15, 0.2) is 5.58 Å². The minimum absolute atomic E-state index is 0.899. The number of benzene rings is 6. The fourth-order valence-electron chi connectivity index (χ4n) is 6.58. The zero-order valence-corrected chi connectivity index (χ0v) is 21.0. The fourth-order valence-corrected chi connectivity index (χ4v) is 6.58. The lowest BCUT2D eigenvalue weighted by molar-refractivity contribution is 0.671. The summed E-state index contributed by atoms with van der Waals surface area (Å²) in [6.07, 6.45) is 0. The van der Waals surface area contributed by atoms with E-state index in [0.717, 1.165) is 38.8 Å². The van der Waals surface area contributed by atoms with Crippen LogP contribution in [0.3, 0.4) is 0 Å². The Morgan fingerprint density at radius 3 is 1.46 bits per heavy atom. The van der Waals surface area contributed by atoms with Crippen molar-refractivity contribution in [2.75, 3.05) is 0 Å². The minimum atomic E-state index is 0.899. The van der Waals surface area contributed by atoms with Crippen LogP contribution in [-0.2, 0) is 0 Å². The van der Waals surface area contributed by atoms with E-state index in [1.54, 1.807) is 0 Å². The molecule has 182 valence electrons. The Hall–Kier alpha value is -5.28. The van der Waals surface area contributed by atoms with Gasteiger partial charge in [-0.3, -0.25) is 0 Å². The molecule has 3 heterocycles. The first-order valence-electron chi connectivity index (χ1n) is 13.3. The van der Waals surface area contributed by atoms with Gasteiger partial charge in [-0.15, -0.1) is 0 Å². The van der Waals surface area contributed by atoms with Gasteiger partial charge in [-0.05, 0) is 42.5 Å². The lowest BCUT2D eigenvalue weighted by Crippen LogP contribution is -1.95. The van der Waals surface area contributed by atoms with E-state index in [1.807, 2.05) is 0 Å². The van der Waals surface area contributed by atoms with E-state index in [1.165, 1.54) is 38.1 Å². The van der Waals surface area contributed by atoms with Gasteiger partial charge in [-0.1, -0.05) is 91.0 Å². The van der Waals surface area contributed by atoms with Crippen LogP contribution in [0.4, 0.5) is 0 Å². The lowest BCUT2D eigenvalue weighted by Gasteiger charge is -2.10. The number of rotatable bonds is 2. The largest absolute Gasteiger partial charge is 0.454 e. The van der Waals surface area contributed by atoms with Crippen LogP contribution in [0.2, 0.25) is 0 Å². The van der Waals surface area contributed by atoms with Gasteiger partial charge in [0.2, 0.25) is 0 Å². The van der Waals surface area contributed by atoms with Gasteiger partial charge in [0.05, 0.1) is 27.5 Å². The van der Waals surface area contributed by atoms with Crippen LogP contribution in [0.5, 0.6) is 0 Å². The summed E-state index contributed by atoms with van der Waals surface area (Å²) < 4.78 is 11.6. The van der Waals surface area contributed by atoms with E-state index >= 15 is 0 Å². The smallest absolute Gasteiger partial charge is 0.162 e. The Kier molecular flexibility index (Phi) is 4.05. The average Bonchev–Trinajstić information content (AvgIpc) is 3.66. The van der Waals surface area contributed by atoms with Crippen LogP contribution in [0.15, 0.2) is 138 Å². The van der Waals surface area contributed by atoms with E-state index in [0.29, 0.717) is 0 Å². The third kappa shape index (κ3) is 2.66. The van der Waals surface area contributed by atoms with Crippen molar-refractivity contribution in [1.82, 2.24) is 9.13 Å². The molecule has 0 amide bonds. The molecule has 3 aromatic heterocycles. The Morgan fingerprint density at radius 1 is 0.385 bits per heavy atom. The Bertz CT molecular complexity index is 2370. The molecule has 3 heteroatoms. The molecule has 6 aromatic carbocycles. The second-order valence-electron chi connectivity index (χ2n) is 10.1. The number of fused-ring (bicyclic) bond motifs is 12. The van der Waals surface area contributed by atoms with Crippen LogP contribution in [-0.4, -0.2) is 9.13 Å². The summed E-state index contributed by atoms with van der Waals surface area (Å²) >= 11 is 0. The molecule has 9 rings (SSSR count). The van der Waals surface area contributed by atoms with Gasteiger partial charge in [0.25, 0.3) is 0 Å². The maximum atomic E-state index is 6.82. The van der Waals surface area contributed by atoms with Gasteiger partial charge in [0, 0.05) is 38.3 Å². The van der Waals surface area contributed by atoms with E-state index in [-0.39, 0.29) is 0 Å². The molecule has 0 N–H and O–H groups in total. The number of hydrogen-bond acceptors (Lipinski definition) is 1. The molecular weight excluding hydrogens is 476 g/mol. The number of nitrogens with zero attached hydrogens (tertiary/aromatic N) is 2. The molecule has 39 heavy (non-hydrogen) atoms. The first kappa shape index (κ1) is 20.7.